The molecule has 0 fully saturated rings. The van der Waals surface area contributed by atoms with Gasteiger partial charge < -0.3 is 4.74 Å². The SMILES string of the molecule is COc1cc(-n2cnnc2CCl)ccc1Br. The van der Waals surface area contributed by atoms with Gasteiger partial charge in [-0.2, -0.15) is 0 Å². The number of ether oxygens (including phenoxy) is 1. The first-order valence-electron chi connectivity index (χ1n) is 4.55. The number of benzene rings is 1. The van der Waals surface area contributed by atoms with Crippen LogP contribution in [0.15, 0.2) is 29.0 Å². The van der Waals surface area contributed by atoms with Crippen molar-refractivity contribution in [2.45, 2.75) is 5.88 Å². The molecule has 0 unspecified atom stereocenters. The third-order valence-corrected chi connectivity index (χ3v) is 3.04. The molecule has 6 heteroatoms. The lowest BCUT2D eigenvalue weighted by Gasteiger charge is -2.08. The number of hydrogen-bond donors (Lipinski definition) is 0. The molecule has 84 valence electrons. The van der Waals surface area contributed by atoms with Gasteiger partial charge in [0.2, 0.25) is 0 Å². The van der Waals surface area contributed by atoms with E-state index >= 15 is 0 Å². The van der Waals surface area contributed by atoms with Crippen LogP contribution in [0.1, 0.15) is 5.82 Å². The highest BCUT2D eigenvalue weighted by atomic mass is 79.9. The summed E-state index contributed by atoms with van der Waals surface area (Å²) >= 11 is 9.16. The molecule has 0 atom stereocenters. The molecule has 0 bridgehead atoms. The zero-order chi connectivity index (χ0) is 11.5. The molecule has 2 rings (SSSR count). The Balaban J connectivity index is 2.48. The molecule has 4 nitrogen and oxygen atoms in total. The lowest BCUT2D eigenvalue weighted by Crippen LogP contribution is -1.98. The van der Waals surface area contributed by atoms with Gasteiger partial charge in [0.1, 0.15) is 12.1 Å². The first-order valence-corrected chi connectivity index (χ1v) is 5.87. The van der Waals surface area contributed by atoms with E-state index in [1.165, 1.54) is 0 Å². The number of rotatable bonds is 3. The third-order valence-electron chi connectivity index (χ3n) is 2.15. The Kier molecular flexibility index (Phi) is 3.46. The maximum atomic E-state index is 5.76. The average Bonchev–Trinajstić information content (AvgIpc) is 2.78. The van der Waals surface area contributed by atoms with Crippen molar-refractivity contribution < 1.29 is 4.74 Å². The van der Waals surface area contributed by atoms with E-state index in [1.54, 1.807) is 13.4 Å². The van der Waals surface area contributed by atoms with Crippen molar-refractivity contribution in [2.75, 3.05) is 7.11 Å². The van der Waals surface area contributed by atoms with Crippen LogP contribution in [0.3, 0.4) is 0 Å². The van der Waals surface area contributed by atoms with Gasteiger partial charge in [0, 0.05) is 6.07 Å². The van der Waals surface area contributed by atoms with Crippen LogP contribution in [0, 0.1) is 0 Å². The Hall–Kier alpha value is -1.07. The van der Waals surface area contributed by atoms with Crippen molar-refractivity contribution in [3.8, 4) is 11.4 Å². The van der Waals surface area contributed by atoms with E-state index in [4.69, 9.17) is 16.3 Å². The van der Waals surface area contributed by atoms with Crippen LogP contribution < -0.4 is 4.74 Å². The molecular weight excluding hydrogens is 293 g/mol. The van der Waals surface area contributed by atoms with Crippen LogP contribution in [-0.4, -0.2) is 21.9 Å². The Morgan fingerprint density at radius 1 is 1.50 bits per heavy atom. The highest BCUT2D eigenvalue weighted by Crippen LogP contribution is 2.27. The van der Waals surface area contributed by atoms with Crippen LogP contribution >= 0.6 is 27.5 Å². The van der Waals surface area contributed by atoms with E-state index in [1.807, 2.05) is 22.8 Å². The Labute approximate surface area is 106 Å². The second-order valence-corrected chi connectivity index (χ2v) is 4.19. The Morgan fingerprint density at radius 3 is 3.00 bits per heavy atom. The van der Waals surface area contributed by atoms with Gasteiger partial charge in [-0.1, -0.05) is 0 Å². The summed E-state index contributed by atoms with van der Waals surface area (Å²) in [5.74, 6) is 1.77. The predicted molar refractivity (Wildman–Crippen MR) is 65.2 cm³/mol. The molecule has 16 heavy (non-hydrogen) atoms. The zero-order valence-corrected chi connectivity index (χ0v) is 10.9. The molecule has 0 aliphatic carbocycles. The highest BCUT2D eigenvalue weighted by Gasteiger charge is 2.07. The number of hydrogen-bond acceptors (Lipinski definition) is 3. The number of halogens is 2. The molecule has 0 amide bonds. The molecule has 0 N–H and O–H groups in total. The van der Waals surface area contributed by atoms with Gasteiger partial charge in [-0.15, -0.1) is 21.8 Å². The van der Waals surface area contributed by atoms with E-state index in [0.717, 1.165) is 15.9 Å². The molecule has 0 spiro atoms. The number of nitrogens with zero attached hydrogens (tertiary/aromatic N) is 3. The van der Waals surface area contributed by atoms with E-state index in [0.29, 0.717) is 11.7 Å². The summed E-state index contributed by atoms with van der Waals surface area (Å²) in [6, 6.07) is 5.74. The van der Waals surface area contributed by atoms with Crippen LogP contribution in [0.25, 0.3) is 5.69 Å². The molecule has 0 radical (unpaired) electrons. The van der Waals surface area contributed by atoms with Crippen LogP contribution in [0.4, 0.5) is 0 Å². The maximum absolute atomic E-state index is 5.76. The molecular formula is C10H9BrClN3O. The minimum Gasteiger partial charge on any atom is -0.495 e. The summed E-state index contributed by atoms with van der Waals surface area (Å²) < 4.78 is 7.95. The van der Waals surface area contributed by atoms with Crippen molar-refractivity contribution in [1.82, 2.24) is 14.8 Å². The minimum absolute atomic E-state index is 0.318. The second kappa shape index (κ2) is 4.84. The van der Waals surface area contributed by atoms with E-state index in [2.05, 4.69) is 26.1 Å². The van der Waals surface area contributed by atoms with Crippen molar-refractivity contribution >= 4 is 27.5 Å². The van der Waals surface area contributed by atoms with Gasteiger partial charge in [0.25, 0.3) is 0 Å². The first-order chi connectivity index (χ1) is 7.76. The predicted octanol–water partition coefficient (Wildman–Crippen LogP) is 2.78. The van der Waals surface area contributed by atoms with Gasteiger partial charge in [-0.05, 0) is 28.1 Å². The van der Waals surface area contributed by atoms with Gasteiger partial charge in [-0.25, -0.2) is 0 Å². The summed E-state index contributed by atoms with van der Waals surface area (Å²) in [7, 11) is 1.62. The maximum Gasteiger partial charge on any atom is 0.152 e. The Morgan fingerprint density at radius 2 is 2.31 bits per heavy atom. The highest BCUT2D eigenvalue weighted by molar-refractivity contribution is 9.10. The largest absolute Gasteiger partial charge is 0.495 e. The normalized spacial score (nSPS) is 10.4. The topological polar surface area (TPSA) is 39.9 Å². The molecule has 0 saturated heterocycles. The lowest BCUT2D eigenvalue weighted by atomic mass is 10.3. The molecule has 1 heterocycles. The lowest BCUT2D eigenvalue weighted by molar-refractivity contribution is 0.412. The molecule has 0 aliphatic heterocycles. The van der Waals surface area contributed by atoms with Gasteiger partial charge in [0.15, 0.2) is 5.82 Å². The fourth-order valence-electron chi connectivity index (χ4n) is 1.36. The number of methoxy groups -OCH3 is 1. The van der Waals surface area contributed by atoms with Crippen molar-refractivity contribution in [3.05, 3.63) is 34.8 Å². The number of alkyl halides is 1. The molecule has 0 aliphatic rings. The summed E-state index contributed by atoms with van der Waals surface area (Å²) in [6.45, 7) is 0. The molecule has 2 aromatic rings. The molecule has 0 saturated carbocycles. The average molecular weight is 303 g/mol. The van der Waals surface area contributed by atoms with Crippen molar-refractivity contribution in [2.24, 2.45) is 0 Å². The fraction of sp³-hybridized carbons (Fsp3) is 0.200. The van der Waals surface area contributed by atoms with E-state index in [-0.39, 0.29) is 0 Å². The fourth-order valence-corrected chi connectivity index (χ4v) is 1.95. The quantitative estimate of drug-likeness (QED) is 0.819. The monoisotopic (exact) mass is 301 g/mol. The van der Waals surface area contributed by atoms with E-state index in [9.17, 15) is 0 Å². The van der Waals surface area contributed by atoms with Crippen LogP contribution in [-0.2, 0) is 5.88 Å². The smallest absolute Gasteiger partial charge is 0.152 e. The zero-order valence-electron chi connectivity index (χ0n) is 8.52. The first kappa shape index (κ1) is 11.4. The van der Waals surface area contributed by atoms with E-state index < -0.39 is 0 Å². The second-order valence-electron chi connectivity index (χ2n) is 3.07. The summed E-state index contributed by atoms with van der Waals surface area (Å²) in [6.07, 6.45) is 1.63. The Bertz CT molecular complexity index is 501. The number of aromatic nitrogens is 3. The van der Waals surface area contributed by atoms with Crippen molar-refractivity contribution in [3.63, 3.8) is 0 Å². The van der Waals surface area contributed by atoms with Crippen LogP contribution in [0.5, 0.6) is 5.75 Å². The summed E-state index contributed by atoms with van der Waals surface area (Å²) in [5.41, 5.74) is 0.917. The third kappa shape index (κ3) is 2.05. The standard InChI is InChI=1S/C10H9BrClN3O/c1-16-9-4-7(2-3-8(9)11)15-6-13-14-10(15)5-12/h2-4,6H,5H2,1H3. The molecule has 1 aromatic carbocycles. The van der Waals surface area contributed by atoms with Crippen LogP contribution in [0.2, 0.25) is 0 Å². The summed E-state index contributed by atoms with van der Waals surface area (Å²) in [5, 5.41) is 7.74. The van der Waals surface area contributed by atoms with Gasteiger partial charge in [0.05, 0.1) is 23.1 Å². The van der Waals surface area contributed by atoms with Gasteiger partial charge in [-0.3, -0.25) is 4.57 Å². The summed E-state index contributed by atoms with van der Waals surface area (Å²) in [4.78, 5) is 0. The van der Waals surface area contributed by atoms with Crippen molar-refractivity contribution in [1.29, 1.82) is 0 Å². The minimum atomic E-state index is 0.318. The van der Waals surface area contributed by atoms with Gasteiger partial charge >= 0.3 is 0 Å². The molecule has 1 aromatic heterocycles.